The molecule has 1 aliphatic heterocycles. The number of piperidine rings is 1. The fourth-order valence-electron chi connectivity index (χ4n) is 2.99. The van der Waals surface area contributed by atoms with E-state index in [0.29, 0.717) is 11.7 Å². The fraction of sp³-hybridized carbons (Fsp3) is 0.333. The number of nitrogens with zero attached hydrogens (tertiary/aromatic N) is 5. The molecule has 148 valence electrons. The molecule has 1 aromatic carbocycles. The Morgan fingerprint density at radius 1 is 1.29 bits per heavy atom. The van der Waals surface area contributed by atoms with Crippen LogP contribution in [0.1, 0.15) is 29.4 Å². The molecule has 2 N–H and O–H groups in total. The summed E-state index contributed by atoms with van der Waals surface area (Å²) in [5.74, 6) is -0.203. The lowest BCUT2D eigenvalue weighted by Crippen LogP contribution is -2.32. The molecule has 1 fully saturated rings. The van der Waals surface area contributed by atoms with Gasteiger partial charge in [-0.15, -0.1) is 22.6 Å². The summed E-state index contributed by atoms with van der Waals surface area (Å²) >= 11 is 1.52. The van der Waals surface area contributed by atoms with E-state index in [0.717, 1.165) is 41.7 Å². The maximum atomic E-state index is 12.5. The molecule has 0 radical (unpaired) electrons. The molecule has 1 aliphatic rings. The quantitative estimate of drug-likeness (QED) is 0.661. The van der Waals surface area contributed by atoms with Gasteiger partial charge in [0.1, 0.15) is 6.33 Å². The van der Waals surface area contributed by atoms with Crippen LogP contribution in [0.15, 0.2) is 52.9 Å². The molecule has 10 heteroatoms. The summed E-state index contributed by atoms with van der Waals surface area (Å²) in [6.07, 6.45) is 5.76. The molecule has 1 unspecified atom stereocenters. The summed E-state index contributed by atoms with van der Waals surface area (Å²) in [7, 11) is 1.90. The Hall–Kier alpha value is -2.36. The van der Waals surface area contributed by atoms with Crippen molar-refractivity contribution in [2.24, 2.45) is 7.05 Å². The first-order chi connectivity index (χ1) is 13.2. The van der Waals surface area contributed by atoms with Gasteiger partial charge in [-0.3, -0.25) is 9.48 Å². The highest BCUT2D eigenvalue weighted by molar-refractivity contribution is 7.99. The van der Waals surface area contributed by atoms with Crippen LogP contribution < -0.4 is 10.6 Å². The van der Waals surface area contributed by atoms with Crippen LogP contribution in [0.3, 0.4) is 0 Å². The standard InChI is InChI=1S/C18H21N7OS.ClH/c1-24-12-20-22-18(24)27-15-6-4-13(5-7-15)21-17(26)16-8-10-25(23-16)14-3-2-9-19-11-14;/h4-8,10,12,14,19H,2-3,9,11H2,1H3,(H,21,26);1H. The van der Waals surface area contributed by atoms with Crippen molar-refractivity contribution in [1.29, 1.82) is 0 Å². The van der Waals surface area contributed by atoms with E-state index in [4.69, 9.17) is 0 Å². The van der Waals surface area contributed by atoms with Crippen molar-refractivity contribution in [2.45, 2.75) is 28.9 Å². The topological polar surface area (TPSA) is 89.7 Å². The van der Waals surface area contributed by atoms with Gasteiger partial charge in [0.25, 0.3) is 5.91 Å². The SMILES string of the molecule is Cl.Cn1cnnc1Sc1ccc(NC(=O)c2ccn(C3CCCNC3)n2)cc1. The minimum Gasteiger partial charge on any atom is -0.321 e. The number of halogens is 1. The molecule has 3 aromatic rings. The molecule has 1 atom stereocenters. The first kappa shape index (κ1) is 20.4. The molecule has 0 spiro atoms. The monoisotopic (exact) mass is 419 g/mol. The van der Waals surface area contributed by atoms with E-state index in [-0.39, 0.29) is 18.3 Å². The zero-order chi connectivity index (χ0) is 18.6. The predicted octanol–water partition coefficient (Wildman–Crippen LogP) is 2.76. The lowest BCUT2D eigenvalue weighted by atomic mass is 10.1. The molecule has 2 aromatic heterocycles. The first-order valence-corrected chi connectivity index (χ1v) is 9.70. The van der Waals surface area contributed by atoms with Crippen LogP contribution in [-0.2, 0) is 7.05 Å². The molecule has 1 amide bonds. The molecule has 0 saturated carbocycles. The van der Waals surface area contributed by atoms with E-state index in [1.54, 1.807) is 12.4 Å². The van der Waals surface area contributed by atoms with E-state index in [1.165, 1.54) is 11.8 Å². The number of aryl methyl sites for hydroxylation is 1. The van der Waals surface area contributed by atoms with Crippen LogP contribution in [0, 0.1) is 0 Å². The maximum absolute atomic E-state index is 12.5. The Kier molecular flexibility index (Phi) is 6.71. The average Bonchev–Trinajstić information content (AvgIpc) is 3.34. The predicted molar refractivity (Wildman–Crippen MR) is 110 cm³/mol. The summed E-state index contributed by atoms with van der Waals surface area (Å²) in [4.78, 5) is 13.5. The number of rotatable bonds is 5. The van der Waals surface area contributed by atoms with Crippen LogP contribution in [0.4, 0.5) is 5.69 Å². The molecule has 8 nitrogen and oxygen atoms in total. The van der Waals surface area contributed by atoms with E-state index in [1.807, 2.05) is 46.8 Å². The summed E-state index contributed by atoms with van der Waals surface area (Å²) in [5, 5.41) is 19.4. The largest absolute Gasteiger partial charge is 0.321 e. The summed E-state index contributed by atoms with van der Waals surface area (Å²) in [6, 6.07) is 9.72. The van der Waals surface area contributed by atoms with Crippen molar-refractivity contribution < 1.29 is 4.79 Å². The van der Waals surface area contributed by atoms with Gasteiger partial charge in [-0.05, 0) is 61.5 Å². The second-order valence-electron chi connectivity index (χ2n) is 6.49. The van der Waals surface area contributed by atoms with Crippen molar-refractivity contribution in [1.82, 2.24) is 29.9 Å². The van der Waals surface area contributed by atoms with Gasteiger partial charge < -0.3 is 15.2 Å². The second kappa shape index (κ2) is 9.22. The van der Waals surface area contributed by atoms with Crippen LogP contribution in [-0.4, -0.2) is 43.5 Å². The summed E-state index contributed by atoms with van der Waals surface area (Å²) in [6.45, 7) is 1.95. The third-order valence-electron chi connectivity index (χ3n) is 4.48. The van der Waals surface area contributed by atoms with Gasteiger partial charge in [-0.2, -0.15) is 5.10 Å². The third-order valence-corrected chi connectivity index (χ3v) is 5.54. The molecular formula is C18H22ClN7OS. The van der Waals surface area contributed by atoms with E-state index >= 15 is 0 Å². The number of hydrogen-bond donors (Lipinski definition) is 2. The lowest BCUT2D eigenvalue weighted by Gasteiger charge is -2.22. The van der Waals surface area contributed by atoms with Crippen molar-refractivity contribution in [3.05, 3.63) is 48.5 Å². The van der Waals surface area contributed by atoms with Gasteiger partial charge in [0.15, 0.2) is 10.9 Å². The molecule has 4 rings (SSSR count). The van der Waals surface area contributed by atoms with Crippen LogP contribution >= 0.6 is 24.2 Å². The van der Waals surface area contributed by atoms with Gasteiger partial charge >= 0.3 is 0 Å². The van der Waals surface area contributed by atoms with Gasteiger partial charge in [0.05, 0.1) is 6.04 Å². The van der Waals surface area contributed by atoms with Crippen molar-refractivity contribution in [2.75, 3.05) is 18.4 Å². The van der Waals surface area contributed by atoms with Gasteiger partial charge in [-0.25, -0.2) is 0 Å². The minimum absolute atomic E-state index is 0. The number of aromatic nitrogens is 5. The molecule has 28 heavy (non-hydrogen) atoms. The average molecular weight is 420 g/mol. The van der Waals surface area contributed by atoms with E-state index in [2.05, 4.69) is 25.9 Å². The highest BCUT2D eigenvalue weighted by Gasteiger charge is 2.17. The number of anilines is 1. The zero-order valence-corrected chi connectivity index (χ0v) is 17.0. The Labute approximate surface area is 173 Å². The lowest BCUT2D eigenvalue weighted by molar-refractivity contribution is 0.102. The number of benzene rings is 1. The van der Waals surface area contributed by atoms with Gasteiger partial charge in [-0.1, -0.05) is 0 Å². The minimum atomic E-state index is -0.203. The third kappa shape index (κ3) is 4.73. The van der Waals surface area contributed by atoms with Gasteiger partial charge in [0, 0.05) is 30.4 Å². The number of carbonyl (C=O) groups excluding carboxylic acids is 1. The first-order valence-electron chi connectivity index (χ1n) is 8.88. The van der Waals surface area contributed by atoms with Crippen LogP contribution in [0.5, 0.6) is 0 Å². The number of nitrogens with one attached hydrogen (secondary N) is 2. The van der Waals surface area contributed by atoms with E-state index in [9.17, 15) is 4.79 Å². The Morgan fingerprint density at radius 3 is 2.79 bits per heavy atom. The van der Waals surface area contributed by atoms with Crippen LogP contribution in [0.2, 0.25) is 0 Å². The Balaban J connectivity index is 0.00000225. The highest BCUT2D eigenvalue weighted by atomic mass is 35.5. The molecule has 0 bridgehead atoms. The summed E-state index contributed by atoms with van der Waals surface area (Å²) < 4.78 is 3.75. The molecule has 0 aliphatic carbocycles. The molecule has 3 heterocycles. The number of amides is 1. The normalized spacial score (nSPS) is 16.4. The number of carbonyl (C=O) groups is 1. The smallest absolute Gasteiger partial charge is 0.276 e. The van der Waals surface area contributed by atoms with Crippen molar-refractivity contribution in [3.8, 4) is 0 Å². The van der Waals surface area contributed by atoms with Crippen LogP contribution in [0.25, 0.3) is 0 Å². The van der Waals surface area contributed by atoms with Crippen molar-refractivity contribution in [3.63, 3.8) is 0 Å². The molecular weight excluding hydrogens is 398 g/mol. The van der Waals surface area contributed by atoms with Gasteiger partial charge in [0.2, 0.25) is 0 Å². The fourth-order valence-corrected chi connectivity index (χ4v) is 3.76. The molecule has 1 saturated heterocycles. The summed E-state index contributed by atoms with van der Waals surface area (Å²) in [5.41, 5.74) is 1.16. The highest BCUT2D eigenvalue weighted by Crippen LogP contribution is 2.26. The Bertz CT molecular complexity index is 918. The second-order valence-corrected chi connectivity index (χ2v) is 7.53. The zero-order valence-electron chi connectivity index (χ0n) is 15.4. The Morgan fingerprint density at radius 2 is 2.11 bits per heavy atom. The number of hydrogen-bond acceptors (Lipinski definition) is 6. The van der Waals surface area contributed by atoms with Crippen molar-refractivity contribution >= 4 is 35.8 Å². The maximum Gasteiger partial charge on any atom is 0.276 e. The van der Waals surface area contributed by atoms with E-state index < -0.39 is 0 Å².